The first kappa shape index (κ1) is 19.8. The molecule has 1 unspecified atom stereocenters. The molecule has 0 aromatic heterocycles. The molecule has 3 nitrogen and oxygen atoms in total. The average molecular weight is 376 g/mol. The van der Waals surface area contributed by atoms with Crippen LogP contribution in [0, 0.1) is 20.8 Å². The van der Waals surface area contributed by atoms with Crippen molar-refractivity contribution in [3.05, 3.63) is 88.0 Å². The number of aryl methyl sites for hydroxylation is 3. The number of aromatic hydroxyl groups is 2. The molecular formula is C25H29NO2. The normalized spacial score (nSPS) is 13.2. The van der Waals surface area contributed by atoms with E-state index in [9.17, 15) is 10.2 Å². The van der Waals surface area contributed by atoms with Crippen molar-refractivity contribution in [1.29, 1.82) is 0 Å². The molecule has 0 radical (unpaired) electrons. The highest BCUT2D eigenvalue weighted by Crippen LogP contribution is 2.43. The smallest absolute Gasteiger partial charge is 0.118 e. The van der Waals surface area contributed by atoms with Gasteiger partial charge in [-0.15, -0.1) is 0 Å². The molecule has 3 aromatic carbocycles. The largest absolute Gasteiger partial charge is 0.508 e. The van der Waals surface area contributed by atoms with Crippen LogP contribution in [0.5, 0.6) is 11.5 Å². The van der Waals surface area contributed by atoms with E-state index in [4.69, 9.17) is 0 Å². The van der Waals surface area contributed by atoms with E-state index in [1.54, 1.807) is 12.1 Å². The number of benzene rings is 3. The van der Waals surface area contributed by atoms with Crippen LogP contribution in [0.25, 0.3) is 0 Å². The first-order valence-corrected chi connectivity index (χ1v) is 9.53. The summed E-state index contributed by atoms with van der Waals surface area (Å²) in [4.78, 5) is 2.12. The second kappa shape index (κ2) is 7.23. The lowest BCUT2D eigenvalue weighted by Crippen LogP contribution is -2.27. The highest BCUT2D eigenvalue weighted by molar-refractivity contribution is 5.60. The van der Waals surface area contributed by atoms with E-state index < -0.39 is 5.41 Å². The molecule has 2 N–H and O–H groups in total. The van der Waals surface area contributed by atoms with Crippen molar-refractivity contribution < 1.29 is 10.2 Å². The van der Waals surface area contributed by atoms with E-state index >= 15 is 0 Å². The summed E-state index contributed by atoms with van der Waals surface area (Å²) in [6.07, 6.45) is 0. The Morgan fingerprint density at radius 2 is 1.32 bits per heavy atom. The molecule has 0 fully saturated rings. The summed E-state index contributed by atoms with van der Waals surface area (Å²) in [7, 11) is 4.10. The van der Waals surface area contributed by atoms with Crippen molar-refractivity contribution in [2.24, 2.45) is 0 Å². The molecule has 1 atom stereocenters. The van der Waals surface area contributed by atoms with Crippen molar-refractivity contribution in [3.8, 4) is 11.5 Å². The number of rotatable bonds is 4. The maximum atomic E-state index is 10.0. The standard InChI is InChI=1S/C25H29NO2/c1-16-15-21(27)9-10-22(16)25(4,20-8-12-24(28)18(3)14-20)19-7-11-23(26(5)6)17(2)13-19/h7-15,27-28H,1-6H3. The van der Waals surface area contributed by atoms with Crippen molar-refractivity contribution in [2.45, 2.75) is 33.1 Å². The SMILES string of the molecule is Cc1cc(C(C)(c2ccc(N(C)C)c(C)c2)c2ccc(O)cc2C)ccc1O. The number of nitrogens with zero attached hydrogens (tertiary/aromatic N) is 1. The van der Waals surface area contributed by atoms with Crippen molar-refractivity contribution in [2.75, 3.05) is 19.0 Å². The third-order valence-corrected chi connectivity index (χ3v) is 5.78. The van der Waals surface area contributed by atoms with Crippen LogP contribution in [-0.2, 0) is 5.41 Å². The maximum Gasteiger partial charge on any atom is 0.118 e. The van der Waals surface area contributed by atoms with Gasteiger partial charge in [-0.25, -0.2) is 0 Å². The molecule has 0 heterocycles. The van der Waals surface area contributed by atoms with Gasteiger partial charge in [0.2, 0.25) is 0 Å². The Hall–Kier alpha value is -2.94. The lowest BCUT2D eigenvalue weighted by atomic mass is 9.69. The molecule has 0 saturated carbocycles. The van der Waals surface area contributed by atoms with Crippen LogP contribution in [0.15, 0.2) is 54.6 Å². The van der Waals surface area contributed by atoms with Crippen LogP contribution < -0.4 is 4.90 Å². The summed E-state index contributed by atoms with van der Waals surface area (Å²) in [5.74, 6) is 0.567. The minimum Gasteiger partial charge on any atom is -0.508 e. The second-order valence-electron chi connectivity index (χ2n) is 8.02. The molecule has 28 heavy (non-hydrogen) atoms. The van der Waals surface area contributed by atoms with E-state index in [-0.39, 0.29) is 5.75 Å². The Morgan fingerprint density at radius 3 is 1.86 bits per heavy atom. The summed E-state index contributed by atoms with van der Waals surface area (Å²) >= 11 is 0. The van der Waals surface area contributed by atoms with Crippen LogP contribution in [0.3, 0.4) is 0 Å². The van der Waals surface area contributed by atoms with Gasteiger partial charge < -0.3 is 15.1 Å². The lowest BCUT2D eigenvalue weighted by molar-refractivity contribution is 0.470. The fraction of sp³-hybridized carbons (Fsp3) is 0.280. The average Bonchev–Trinajstić information content (AvgIpc) is 2.63. The third kappa shape index (κ3) is 3.33. The van der Waals surface area contributed by atoms with Crippen LogP contribution >= 0.6 is 0 Å². The molecule has 146 valence electrons. The van der Waals surface area contributed by atoms with E-state index in [1.165, 1.54) is 16.8 Å². The zero-order chi connectivity index (χ0) is 20.6. The summed E-state index contributed by atoms with van der Waals surface area (Å²) in [6, 6.07) is 17.9. The van der Waals surface area contributed by atoms with Gasteiger partial charge in [-0.1, -0.05) is 30.3 Å². The van der Waals surface area contributed by atoms with E-state index in [2.05, 4.69) is 57.1 Å². The fourth-order valence-corrected chi connectivity index (χ4v) is 4.12. The second-order valence-corrected chi connectivity index (χ2v) is 8.02. The molecule has 3 aromatic rings. The van der Waals surface area contributed by atoms with Gasteiger partial charge in [-0.3, -0.25) is 0 Å². The van der Waals surface area contributed by atoms with Crippen LogP contribution in [0.4, 0.5) is 5.69 Å². The molecule has 0 spiro atoms. The van der Waals surface area contributed by atoms with Gasteiger partial charge >= 0.3 is 0 Å². The highest BCUT2D eigenvalue weighted by Gasteiger charge is 2.33. The van der Waals surface area contributed by atoms with Gasteiger partial charge in [0.05, 0.1) is 0 Å². The minimum atomic E-state index is -0.425. The minimum absolute atomic E-state index is 0.268. The van der Waals surface area contributed by atoms with Crippen molar-refractivity contribution in [1.82, 2.24) is 0 Å². The Kier molecular flexibility index (Phi) is 5.12. The van der Waals surface area contributed by atoms with Gasteiger partial charge in [0, 0.05) is 25.2 Å². The van der Waals surface area contributed by atoms with Crippen molar-refractivity contribution >= 4 is 5.69 Å². The molecule has 3 rings (SSSR count). The van der Waals surface area contributed by atoms with Crippen molar-refractivity contribution in [3.63, 3.8) is 0 Å². The quantitative estimate of drug-likeness (QED) is 0.597. The molecule has 0 aliphatic carbocycles. The zero-order valence-electron chi connectivity index (χ0n) is 17.5. The Labute approximate surface area is 167 Å². The topological polar surface area (TPSA) is 43.7 Å². The molecule has 0 saturated heterocycles. The van der Waals surface area contributed by atoms with E-state index in [0.717, 1.165) is 22.3 Å². The molecule has 0 aliphatic heterocycles. The van der Waals surface area contributed by atoms with Gasteiger partial charge in [-0.05, 0) is 85.3 Å². The number of anilines is 1. The third-order valence-electron chi connectivity index (χ3n) is 5.78. The Morgan fingerprint density at radius 1 is 0.714 bits per heavy atom. The van der Waals surface area contributed by atoms with Gasteiger partial charge in [0.25, 0.3) is 0 Å². The summed E-state index contributed by atoms with van der Waals surface area (Å²) in [6.45, 7) is 8.29. The number of phenolic OH excluding ortho intramolecular Hbond substituents is 2. The first-order chi connectivity index (χ1) is 13.1. The fourth-order valence-electron chi connectivity index (χ4n) is 4.12. The van der Waals surface area contributed by atoms with Gasteiger partial charge in [0.1, 0.15) is 11.5 Å². The van der Waals surface area contributed by atoms with E-state index in [0.29, 0.717) is 5.75 Å². The summed E-state index contributed by atoms with van der Waals surface area (Å²) in [5.41, 5.74) is 7.27. The van der Waals surface area contributed by atoms with Crippen LogP contribution in [0.2, 0.25) is 0 Å². The summed E-state index contributed by atoms with van der Waals surface area (Å²) in [5, 5.41) is 20.0. The maximum absolute atomic E-state index is 10.0. The van der Waals surface area contributed by atoms with Crippen LogP contribution in [0.1, 0.15) is 40.3 Å². The lowest BCUT2D eigenvalue weighted by Gasteiger charge is -2.34. The van der Waals surface area contributed by atoms with Gasteiger partial charge in [-0.2, -0.15) is 0 Å². The summed E-state index contributed by atoms with van der Waals surface area (Å²) < 4.78 is 0. The molecular weight excluding hydrogens is 346 g/mol. The monoisotopic (exact) mass is 375 g/mol. The zero-order valence-corrected chi connectivity index (χ0v) is 17.5. The van der Waals surface area contributed by atoms with Gasteiger partial charge in [0.15, 0.2) is 0 Å². The molecule has 3 heteroatoms. The predicted octanol–water partition coefficient (Wildman–Crippen LogP) is 5.44. The highest BCUT2D eigenvalue weighted by atomic mass is 16.3. The molecule has 0 aliphatic rings. The van der Waals surface area contributed by atoms with E-state index in [1.807, 2.05) is 32.0 Å². The first-order valence-electron chi connectivity index (χ1n) is 9.53. The predicted molar refractivity (Wildman–Crippen MR) is 117 cm³/mol. The Balaban J connectivity index is 2.31. The number of phenols is 2. The molecule has 0 bridgehead atoms. The Bertz CT molecular complexity index is 1020. The number of hydrogen-bond donors (Lipinski definition) is 2. The van der Waals surface area contributed by atoms with Crippen LogP contribution in [-0.4, -0.2) is 24.3 Å². The number of hydrogen-bond acceptors (Lipinski definition) is 3. The molecule has 0 amide bonds.